The van der Waals surface area contributed by atoms with E-state index in [0.29, 0.717) is 0 Å². The quantitative estimate of drug-likeness (QED) is 0.607. The molecule has 0 unspecified atom stereocenters. The van der Waals surface area contributed by atoms with Crippen LogP contribution in [-0.2, 0) is 0 Å². The highest BCUT2D eigenvalue weighted by atomic mass is 16.1. The topological polar surface area (TPSA) is 29.1 Å². The van der Waals surface area contributed by atoms with Crippen molar-refractivity contribution in [3.05, 3.63) is 47.7 Å². The number of carbonyl (C=O) groups is 1. The predicted octanol–water partition coefficient (Wildman–Crippen LogP) is 2.92. The monoisotopic (exact) mass is 215 g/mol. The summed E-state index contributed by atoms with van der Waals surface area (Å²) < 4.78 is 0. The van der Waals surface area contributed by atoms with Crippen LogP contribution in [0.5, 0.6) is 0 Å². The maximum Gasteiger partial charge on any atom is 0.187 e. The first-order valence-electron chi connectivity index (χ1n) is 5.65. The summed E-state index contributed by atoms with van der Waals surface area (Å²) in [4.78, 5) is 11.9. The van der Waals surface area contributed by atoms with Crippen molar-refractivity contribution in [1.82, 2.24) is 5.32 Å². The normalized spacial score (nSPS) is 20.8. The molecule has 0 saturated carbocycles. The van der Waals surface area contributed by atoms with E-state index in [0.717, 1.165) is 24.1 Å². The number of benzene rings is 1. The van der Waals surface area contributed by atoms with E-state index in [2.05, 4.69) is 19.2 Å². The lowest BCUT2D eigenvalue weighted by molar-refractivity contribution is 0.104. The molecule has 0 spiro atoms. The highest BCUT2D eigenvalue weighted by Gasteiger charge is 2.25. The van der Waals surface area contributed by atoms with Gasteiger partial charge in [-0.1, -0.05) is 30.3 Å². The summed E-state index contributed by atoms with van der Waals surface area (Å²) >= 11 is 0. The fraction of sp³-hybridized carbons (Fsp3) is 0.357. The molecule has 0 radical (unpaired) electrons. The third-order valence-electron chi connectivity index (χ3n) is 2.88. The van der Waals surface area contributed by atoms with Gasteiger partial charge < -0.3 is 5.32 Å². The SMILES string of the molecule is CC1(C)CCC(=CC(=O)c2ccccc2)N1. The highest BCUT2D eigenvalue weighted by molar-refractivity contribution is 6.04. The largest absolute Gasteiger partial charge is 0.383 e. The van der Waals surface area contributed by atoms with Crippen LogP contribution in [0, 0.1) is 0 Å². The molecule has 0 bridgehead atoms. The lowest BCUT2D eigenvalue weighted by Gasteiger charge is -2.17. The van der Waals surface area contributed by atoms with Crippen LogP contribution in [0.15, 0.2) is 42.1 Å². The Labute approximate surface area is 96.4 Å². The van der Waals surface area contributed by atoms with Crippen molar-refractivity contribution in [2.75, 3.05) is 0 Å². The minimum Gasteiger partial charge on any atom is -0.383 e. The average molecular weight is 215 g/mol. The van der Waals surface area contributed by atoms with Crippen molar-refractivity contribution in [2.45, 2.75) is 32.2 Å². The van der Waals surface area contributed by atoms with Crippen molar-refractivity contribution in [3.63, 3.8) is 0 Å². The molecular formula is C14H17NO. The summed E-state index contributed by atoms with van der Waals surface area (Å²) in [6, 6.07) is 9.38. The number of carbonyl (C=O) groups excluding carboxylic acids is 1. The Kier molecular flexibility index (Phi) is 2.82. The van der Waals surface area contributed by atoms with Gasteiger partial charge in [0.2, 0.25) is 0 Å². The molecule has 2 rings (SSSR count). The van der Waals surface area contributed by atoms with Crippen molar-refractivity contribution in [2.24, 2.45) is 0 Å². The van der Waals surface area contributed by atoms with Crippen molar-refractivity contribution >= 4 is 5.78 Å². The number of ketones is 1. The summed E-state index contributed by atoms with van der Waals surface area (Å²) in [5.41, 5.74) is 1.93. The maximum absolute atomic E-state index is 11.9. The van der Waals surface area contributed by atoms with Crippen molar-refractivity contribution in [1.29, 1.82) is 0 Å². The van der Waals surface area contributed by atoms with Gasteiger partial charge in [0, 0.05) is 22.9 Å². The lowest BCUT2D eigenvalue weighted by atomic mass is 10.0. The minimum atomic E-state index is 0.0841. The molecule has 0 aliphatic carbocycles. The zero-order valence-electron chi connectivity index (χ0n) is 9.79. The van der Waals surface area contributed by atoms with E-state index in [1.165, 1.54) is 0 Å². The van der Waals surface area contributed by atoms with Gasteiger partial charge in [-0.2, -0.15) is 0 Å². The molecule has 1 fully saturated rings. The molecule has 1 aromatic rings. The summed E-state index contributed by atoms with van der Waals surface area (Å²) in [5, 5.41) is 3.37. The van der Waals surface area contributed by atoms with Gasteiger partial charge in [-0.05, 0) is 26.7 Å². The second-order valence-electron chi connectivity index (χ2n) is 4.91. The zero-order valence-corrected chi connectivity index (χ0v) is 9.79. The number of allylic oxidation sites excluding steroid dienone is 2. The molecule has 1 N–H and O–H groups in total. The molecule has 0 aromatic heterocycles. The number of rotatable bonds is 2. The highest BCUT2D eigenvalue weighted by Crippen LogP contribution is 2.24. The Morgan fingerprint density at radius 3 is 2.56 bits per heavy atom. The van der Waals surface area contributed by atoms with Crippen LogP contribution in [0.3, 0.4) is 0 Å². The molecule has 84 valence electrons. The van der Waals surface area contributed by atoms with Crippen LogP contribution in [-0.4, -0.2) is 11.3 Å². The molecule has 1 aliphatic rings. The molecule has 1 aromatic carbocycles. The van der Waals surface area contributed by atoms with Gasteiger partial charge in [-0.3, -0.25) is 4.79 Å². The molecule has 1 heterocycles. The van der Waals surface area contributed by atoms with E-state index in [1.54, 1.807) is 6.08 Å². The van der Waals surface area contributed by atoms with Crippen LogP contribution < -0.4 is 5.32 Å². The summed E-state index contributed by atoms with van der Waals surface area (Å²) in [6.45, 7) is 4.31. The zero-order chi connectivity index (χ0) is 11.6. The minimum absolute atomic E-state index is 0.0841. The Balaban J connectivity index is 2.11. The molecule has 1 aliphatic heterocycles. The average Bonchev–Trinajstić information content (AvgIpc) is 2.59. The Morgan fingerprint density at radius 2 is 2.00 bits per heavy atom. The number of hydrogen-bond acceptors (Lipinski definition) is 2. The summed E-state index contributed by atoms with van der Waals surface area (Å²) in [7, 11) is 0. The summed E-state index contributed by atoms with van der Waals surface area (Å²) in [5.74, 6) is 0.0841. The Bertz CT molecular complexity index is 418. The van der Waals surface area contributed by atoms with Crippen LogP contribution in [0.2, 0.25) is 0 Å². The van der Waals surface area contributed by atoms with Gasteiger partial charge in [0.15, 0.2) is 5.78 Å². The van der Waals surface area contributed by atoms with Crippen molar-refractivity contribution < 1.29 is 4.79 Å². The molecule has 2 heteroatoms. The maximum atomic E-state index is 11.9. The first-order chi connectivity index (χ1) is 7.57. The summed E-state index contributed by atoms with van der Waals surface area (Å²) in [6.07, 6.45) is 3.77. The third-order valence-corrected chi connectivity index (χ3v) is 2.88. The molecular weight excluding hydrogens is 198 g/mol. The first kappa shape index (κ1) is 10.9. The van der Waals surface area contributed by atoms with Gasteiger partial charge in [0.25, 0.3) is 0 Å². The number of nitrogens with one attached hydrogen (secondary N) is 1. The van der Waals surface area contributed by atoms with Gasteiger partial charge in [0.05, 0.1) is 0 Å². The van der Waals surface area contributed by atoms with Gasteiger partial charge in [-0.15, -0.1) is 0 Å². The molecule has 2 nitrogen and oxygen atoms in total. The van der Waals surface area contributed by atoms with Crippen LogP contribution in [0.25, 0.3) is 0 Å². The second-order valence-corrected chi connectivity index (χ2v) is 4.91. The van der Waals surface area contributed by atoms with E-state index in [4.69, 9.17) is 0 Å². The first-order valence-corrected chi connectivity index (χ1v) is 5.65. The van der Waals surface area contributed by atoms with Crippen LogP contribution in [0.1, 0.15) is 37.0 Å². The molecule has 0 amide bonds. The molecule has 0 atom stereocenters. The van der Waals surface area contributed by atoms with Gasteiger partial charge in [0.1, 0.15) is 0 Å². The van der Waals surface area contributed by atoms with E-state index in [-0.39, 0.29) is 11.3 Å². The van der Waals surface area contributed by atoms with E-state index >= 15 is 0 Å². The molecule has 16 heavy (non-hydrogen) atoms. The van der Waals surface area contributed by atoms with Crippen LogP contribution >= 0.6 is 0 Å². The third kappa shape index (κ3) is 2.51. The fourth-order valence-corrected chi connectivity index (χ4v) is 1.96. The fourth-order valence-electron chi connectivity index (χ4n) is 1.96. The lowest BCUT2D eigenvalue weighted by Crippen LogP contribution is -2.31. The second kappa shape index (κ2) is 4.12. The number of hydrogen-bond donors (Lipinski definition) is 1. The Hall–Kier alpha value is -1.57. The van der Waals surface area contributed by atoms with Gasteiger partial charge in [-0.25, -0.2) is 0 Å². The van der Waals surface area contributed by atoms with Gasteiger partial charge >= 0.3 is 0 Å². The molecule has 1 saturated heterocycles. The van der Waals surface area contributed by atoms with E-state index in [1.807, 2.05) is 30.3 Å². The van der Waals surface area contributed by atoms with E-state index in [9.17, 15) is 4.79 Å². The predicted molar refractivity (Wildman–Crippen MR) is 65.3 cm³/mol. The van der Waals surface area contributed by atoms with Crippen LogP contribution in [0.4, 0.5) is 0 Å². The van der Waals surface area contributed by atoms with Crippen molar-refractivity contribution in [3.8, 4) is 0 Å². The smallest absolute Gasteiger partial charge is 0.187 e. The Morgan fingerprint density at radius 1 is 1.31 bits per heavy atom. The standard InChI is InChI=1S/C14H17NO/c1-14(2)9-8-12(15-14)10-13(16)11-6-4-3-5-7-11/h3-7,10,15H,8-9H2,1-2H3. The van der Waals surface area contributed by atoms with E-state index < -0.39 is 0 Å².